The first-order valence-electron chi connectivity index (χ1n) is 5.45. The summed E-state index contributed by atoms with van der Waals surface area (Å²) >= 11 is 17.8. The highest BCUT2D eigenvalue weighted by molar-refractivity contribution is 6.42. The molecule has 0 radical (unpaired) electrons. The van der Waals surface area contributed by atoms with Gasteiger partial charge in [-0.15, -0.1) is 0 Å². The summed E-state index contributed by atoms with van der Waals surface area (Å²) in [6.07, 6.45) is 1.57. The molecule has 1 aromatic rings. The molecular weight excluding hydrogens is 280 g/mol. The predicted molar refractivity (Wildman–Crippen MR) is 74.2 cm³/mol. The van der Waals surface area contributed by atoms with E-state index in [0.717, 1.165) is 12.8 Å². The maximum Gasteiger partial charge on any atom is 0.227 e. The van der Waals surface area contributed by atoms with Crippen molar-refractivity contribution in [2.75, 3.05) is 5.32 Å². The fraction of sp³-hybridized carbons (Fsp3) is 0.417. The van der Waals surface area contributed by atoms with E-state index in [1.165, 1.54) is 0 Å². The number of anilines is 1. The molecule has 0 saturated carbocycles. The minimum absolute atomic E-state index is 0.0298. The second-order valence-electron chi connectivity index (χ2n) is 3.75. The molecule has 0 atom stereocenters. The fourth-order valence-corrected chi connectivity index (χ4v) is 2.46. The van der Waals surface area contributed by atoms with Crippen LogP contribution >= 0.6 is 34.8 Å². The zero-order chi connectivity index (χ0) is 13.0. The zero-order valence-corrected chi connectivity index (χ0v) is 12.0. The van der Waals surface area contributed by atoms with Gasteiger partial charge in [-0.05, 0) is 25.0 Å². The molecule has 2 nitrogen and oxygen atoms in total. The predicted octanol–water partition coefficient (Wildman–Crippen LogP) is 5.02. The molecule has 0 fully saturated rings. The molecule has 1 N–H and O–H groups in total. The van der Waals surface area contributed by atoms with Crippen molar-refractivity contribution >= 4 is 46.4 Å². The molecule has 0 unspecified atom stereocenters. The number of benzene rings is 1. The Morgan fingerprint density at radius 3 is 2.06 bits per heavy atom. The Hall–Kier alpha value is -0.440. The van der Waals surface area contributed by atoms with Crippen molar-refractivity contribution in [2.45, 2.75) is 26.7 Å². The molecule has 0 bridgehead atoms. The summed E-state index contributed by atoms with van der Waals surface area (Å²) in [5.41, 5.74) is 0.426. The summed E-state index contributed by atoms with van der Waals surface area (Å²) in [5, 5.41) is 3.89. The number of rotatable bonds is 4. The van der Waals surface area contributed by atoms with Crippen molar-refractivity contribution in [2.24, 2.45) is 5.92 Å². The molecule has 0 aliphatic carbocycles. The normalized spacial score (nSPS) is 10.7. The lowest BCUT2D eigenvalue weighted by Gasteiger charge is -2.15. The Kier molecular flexibility index (Phi) is 5.57. The third-order valence-corrected chi connectivity index (χ3v) is 3.43. The first-order chi connectivity index (χ1) is 7.99. The fourth-order valence-electron chi connectivity index (χ4n) is 1.55. The van der Waals surface area contributed by atoms with Gasteiger partial charge in [0, 0.05) is 10.9 Å². The van der Waals surface area contributed by atoms with Crippen LogP contribution in [-0.2, 0) is 4.79 Å². The summed E-state index contributed by atoms with van der Waals surface area (Å²) in [6, 6.07) is 3.11. The Morgan fingerprint density at radius 2 is 1.65 bits per heavy atom. The van der Waals surface area contributed by atoms with Crippen molar-refractivity contribution in [1.82, 2.24) is 0 Å². The summed E-state index contributed by atoms with van der Waals surface area (Å²) in [6.45, 7) is 3.94. The van der Waals surface area contributed by atoms with Gasteiger partial charge in [-0.3, -0.25) is 4.79 Å². The van der Waals surface area contributed by atoms with Gasteiger partial charge in [-0.2, -0.15) is 0 Å². The van der Waals surface area contributed by atoms with Crippen LogP contribution in [-0.4, -0.2) is 5.91 Å². The molecule has 5 heteroatoms. The Balaban J connectivity index is 2.92. The van der Waals surface area contributed by atoms with E-state index in [1.54, 1.807) is 12.1 Å². The van der Waals surface area contributed by atoms with E-state index in [4.69, 9.17) is 34.8 Å². The number of carbonyl (C=O) groups is 1. The van der Waals surface area contributed by atoms with Crippen LogP contribution in [0.5, 0.6) is 0 Å². The van der Waals surface area contributed by atoms with Crippen LogP contribution in [0.15, 0.2) is 12.1 Å². The molecule has 1 amide bonds. The molecule has 0 saturated heterocycles. The van der Waals surface area contributed by atoms with E-state index in [9.17, 15) is 4.79 Å². The highest BCUT2D eigenvalue weighted by atomic mass is 35.5. The summed E-state index contributed by atoms with van der Waals surface area (Å²) < 4.78 is 0. The third kappa shape index (κ3) is 3.77. The van der Waals surface area contributed by atoms with Gasteiger partial charge in [0.25, 0.3) is 0 Å². The van der Waals surface area contributed by atoms with Gasteiger partial charge >= 0.3 is 0 Å². The van der Waals surface area contributed by atoms with E-state index in [0.29, 0.717) is 20.8 Å². The quantitative estimate of drug-likeness (QED) is 0.830. The SMILES string of the molecule is CCC(CC)C(=O)Nc1c(Cl)cc(Cl)cc1Cl. The standard InChI is InChI=1S/C12H14Cl3NO/c1-3-7(4-2)12(17)16-11-9(14)5-8(13)6-10(11)15/h5-7H,3-4H2,1-2H3,(H,16,17). The lowest BCUT2D eigenvalue weighted by molar-refractivity contribution is -0.120. The van der Waals surface area contributed by atoms with E-state index < -0.39 is 0 Å². The van der Waals surface area contributed by atoms with Crippen LogP contribution in [0.3, 0.4) is 0 Å². The molecule has 0 aliphatic rings. The van der Waals surface area contributed by atoms with Crippen molar-refractivity contribution in [1.29, 1.82) is 0 Å². The Labute approximate surface area is 116 Å². The number of hydrogen-bond acceptors (Lipinski definition) is 1. The van der Waals surface area contributed by atoms with Crippen LogP contribution < -0.4 is 5.32 Å². The summed E-state index contributed by atoms with van der Waals surface area (Å²) in [7, 11) is 0. The molecule has 0 aromatic heterocycles. The minimum atomic E-state index is -0.0684. The summed E-state index contributed by atoms with van der Waals surface area (Å²) in [5.74, 6) is -0.0982. The lowest BCUT2D eigenvalue weighted by atomic mass is 10.0. The molecule has 0 spiro atoms. The monoisotopic (exact) mass is 293 g/mol. The van der Waals surface area contributed by atoms with E-state index in [1.807, 2.05) is 13.8 Å². The first-order valence-corrected chi connectivity index (χ1v) is 6.58. The zero-order valence-electron chi connectivity index (χ0n) is 9.69. The Bertz CT molecular complexity index is 393. The molecular formula is C12H14Cl3NO. The third-order valence-electron chi connectivity index (χ3n) is 2.61. The summed E-state index contributed by atoms with van der Waals surface area (Å²) in [4.78, 5) is 11.9. The maximum atomic E-state index is 11.9. The van der Waals surface area contributed by atoms with Gasteiger partial charge in [0.1, 0.15) is 0 Å². The average Bonchev–Trinajstić information content (AvgIpc) is 2.25. The van der Waals surface area contributed by atoms with Crippen molar-refractivity contribution in [3.63, 3.8) is 0 Å². The van der Waals surface area contributed by atoms with Crippen LogP contribution in [0.4, 0.5) is 5.69 Å². The molecule has 17 heavy (non-hydrogen) atoms. The number of amides is 1. The van der Waals surface area contributed by atoms with Crippen LogP contribution in [0.2, 0.25) is 15.1 Å². The first kappa shape index (κ1) is 14.6. The highest BCUT2D eigenvalue weighted by Gasteiger charge is 2.17. The van der Waals surface area contributed by atoms with Crippen molar-refractivity contribution in [3.8, 4) is 0 Å². The van der Waals surface area contributed by atoms with Crippen molar-refractivity contribution < 1.29 is 4.79 Å². The van der Waals surface area contributed by atoms with Gasteiger partial charge in [-0.1, -0.05) is 48.7 Å². The van der Waals surface area contributed by atoms with Gasteiger partial charge in [0.15, 0.2) is 0 Å². The largest absolute Gasteiger partial charge is 0.323 e. The maximum absolute atomic E-state index is 11.9. The molecule has 94 valence electrons. The molecule has 0 aliphatic heterocycles. The molecule has 0 heterocycles. The molecule has 1 rings (SSSR count). The van der Waals surface area contributed by atoms with E-state index >= 15 is 0 Å². The number of nitrogens with one attached hydrogen (secondary N) is 1. The molecule has 1 aromatic carbocycles. The topological polar surface area (TPSA) is 29.1 Å². The lowest BCUT2D eigenvalue weighted by Crippen LogP contribution is -2.22. The smallest absolute Gasteiger partial charge is 0.227 e. The van der Waals surface area contributed by atoms with Gasteiger partial charge < -0.3 is 5.32 Å². The van der Waals surface area contributed by atoms with E-state index in [2.05, 4.69) is 5.32 Å². The van der Waals surface area contributed by atoms with Crippen LogP contribution in [0.1, 0.15) is 26.7 Å². The average molecular weight is 295 g/mol. The van der Waals surface area contributed by atoms with Crippen LogP contribution in [0.25, 0.3) is 0 Å². The second kappa shape index (κ2) is 6.48. The van der Waals surface area contributed by atoms with Gasteiger partial charge in [0.2, 0.25) is 5.91 Å². The number of carbonyl (C=O) groups excluding carboxylic acids is 1. The van der Waals surface area contributed by atoms with Crippen molar-refractivity contribution in [3.05, 3.63) is 27.2 Å². The Morgan fingerprint density at radius 1 is 1.18 bits per heavy atom. The minimum Gasteiger partial charge on any atom is -0.323 e. The van der Waals surface area contributed by atoms with Crippen LogP contribution in [0, 0.1) is 5.92 Å². The number of hydrogen-bond donors (Lipinski definition) is 1. The second-order valence-corrected chi connectivity index (χ2v) is 5.00. The highest BCUT2D eigenvalue weighted by Crippen LogP contribution is 2.34. The van der Waals surface area contributed by atoms with Gasteiger partial charge in [0.05, 0.1) is 15.7 Å². The van der Waals surface area contributed by atoms with Gasteiger partial charge in [-0.25, -0.2) is 0 Å². The van der Waals surface area contributed by atoms with E-state index in [-0.39, 0.29) is 11.8 Å². The number of halogens is 3.